The third-order valence-electron chi connectivity index (χ3n) is 3.26. The Morgan fingerprint density at radius 3 is 2.29 bits per heavy atom. The molecule has 1 N–H and O–H groups in total. The van der Waals surface area contributed by atoms with Crippen molar-refractivity contribution in [2.75, 3.05) is 26.7 Å². The Balaban J connectivity index is 3.31. The van der Waals surface area contributed by atoms with Crippen molar-refractivity contribution >= 4 is 0 Å². The molecule has 0 spiro atoms. The lowest BCUT2D eigenvalue weighted by Crippen LogP contribution is -2.27. The molecule has 0 aliphatic heterocycles. The molecule has 0 aliphatic carbocycles. The van der Waals surface area contributed by atoms with Crippen LogP contribution in [0.2, 0.25) is 0 Å². The van der Waals surface area contributed by atoms with Gasteiger partial charge in [-0.2, -0.15) is 0 Å². The van der Waals surface area contributed by atoms with E-state index in [2.05, 4.69) is 45.0 Å². The van der Waals surface area contributed by atoms with E-state index >= 15 is 0 Å². The molecule has 0 bridgehead atoms. The lowest BCUT2D eigenvalue weighted by atomic mass is 10.1. The van der Waals surface area contributed by atoms with Gasteiger partial charge in [-0.3, -0.25) is 0 Å². The Hall–Kier alpha value is -0.0800. The molecule has 1 unspecified atom stereocenters. The molecule has 0 saturated heterocycles. The molecule has 0 rings (SSSR count). The maximum Gasteiger partial charge on any atom is 0.00387 e. The molecular weight excluding hydrogens is 208 g/mol. The van der Waals surface area contributed by atoms with E-state index in [0.29, 0.717) is 6.04 Å². The fraction of sp³-hybridized carbons (Fsp3) is 1.00. The summed E-state index contributed by atoms with van der Waals surface area (Å²) in [7, 11) is 2.25. The van der Waals surface area contributed by atoms with Crippen LogP contribution in [0.3, 0.4) is 0 Å². The molecular formula is C15H34N2. The van der Waals surface area contributed by atoms with Gasteiger partial charge in [0, 0.05) is 6.04 Å². The van der Waals surface area contributed by atoms with Gasteiger partial charge in [-0.05, 0) is 65.2 Å². The number of hydrogen-bond donors (Lipinski definition) is 1. The Kier molecular flexibility index (Phi) is 11.0. The molecule has 0 heterocycles. The average Bonchev–Trinajstić information content (AvgIpc) is 2.29. The van der Waals surface area contributed by atoms with Gasteiger partial charge in [0.1, 0.15) is 0 Å². The van der Waals surface area contributed by atoms with Crippen LogP contribution in [0.1, 0.15) is 59.8 Å². The van der Waals surface area contributed by atoms with E-state index < -0.39 is 0 Å². The predicted molar refractivity (Wildman–Crippen MR) is 78.6 cm³/mol. The van der Waals surface area contributed by atoms with Crippen molar-refractivity contribution in [3.63, 3.8) is 0 Å². The third-order valence-corrected chi connectivity index (χ3v) is 3.26. The van der Waals surface area contributed by atoms with Crippen molar-refractivity contribution < 1.29 is 0 Å². The monoisotopic (exact) mass is 242 g/mol. The molecule has 0 fully saturated rings. The second kappa shape index (κ2) is 11.0. The largest absolute Gasteiger partial charge is 0.314 e. The van der Waals surface area contributed by atoms with Crippen LogP contribution in [-0.4, -0.2) is 37.6 Å². The molecule has 17 heavy (non-hydrogen) atoms. The second-order valence-electron chi connectivity index (χ2n) is 5.84. The van der Waals surface area contributed by atoms with E-state index in [1.54, 1.807) is 0 Å². The molecule has 0 radical (unpaired) electrons. The Morgan fingerprint density at radius 1 is 1.00 bits per heavy atom. The normalized spacial score (nSPS) is 13.6. The summed E-state index contributed by atoms with van der Waals surface area (Å²) >= 11 is 0. The van der Waals surface area contributed by atoms with Crippen molar-refractivity contribution in [1.29, 1.82) is 0 Å². The highest BCUT2D eigenvalue weighted by Gasteiger charge is 2.02. The summed E-state index contributed by atoms with van der Waals surface area (Å²) in [5.74, 6) is 0.829. The van der Waals surface area contributed by atoms with Crippen LogP contribution in [-0.2, 0) is 0 Å². The van der Waals surface area contributed by atoms with E-state index in [9.17, 15) is 0 Å². The smallest absolute Gasteiger partial charge is 0.00387 e. The number of nitrogens with zero attached hydrogens (tertiary/aromatic N) is 1. The molecule has 2 heteroatoms. The lowest BCUT2D eigenvalue weighted by Gasteiger charge is -2.18. The SMILES string of the molecule is CCCNC(C)CCCCN(C)CCC(C)C. The topological polar surface area (TPSA) is 15.3 Å². The van der Waals surface area contributed by atoms with E-state index in [-0.39, 0.29) is 0 Å². The minimum absolute atomic E-state index is 0.691. The Morgan fingerprint density at radius 2 is 1.71 bits per heavy atom. The molecule has 0 aromatic heterocycles. The summed E-state index contributed by atoms with van der Waals surface area (Å²) < 4.78 is 0. The maximum absolute atomic E-state index is 3.55. The van der Waals surface area contributed by atoms with Gasteiger partial charge in [0.2, 0.25) is 0 Å². The number of nitrogens with one attached hydrogen (secondary N) is 1. The first-order valence-electron chi connectivity index (χ1n) is 7.48. The van der Waals surface area contributed by atoms with Crippen LogP contribution in [0, 0.1) is 5.92 Å². The van der Waals surface area contributed by atoms with Crippen molar-refractivity contribution in [3.05, 3.63) is 0 Å². The first kappa shape index (κ1) is 16.9. The molecule has 1 atom stereocenters. The second-order valence-corrected chi connectivity index (χ2v) is 5.84. The Labute approximate surface area is 109 Å². The summed E-state index contributed by atoms with van der Waals surface area (Å²) in [6.45, 7) is 12.8. The molecule has 0 aliphatic rings. The van der Waals surface area contributed by atoms with Crippen LogP contribution in [0.5, 0.6) is 0 Å². The van der Waals surface area contributed by atoms with Crippen LogP contribution in [0.25, 0.3) is 0 Å². The minimum Gasteiger partial charge on any atom is -0.314 e. The van der Waals surface area contributed by atoms with Gasteiger partial charge in [-0.15, -0.1) is 0 Å². The number of rotatable bonds is 11. The summed E-state index contributed by atoms with van der Waals surface area (Å²) in [6, 6.07) is 0.691. The maximum atomic E-state index is 3.55. The van der Waals surface area contributed by atoms with Crippen LogP contribution >= 0.6 is 0 Å². The van der Waals surface area contributed by atoms with Crippen molar-refractivity contribution in [2.45, 2.75) is 65.8 Å². The molecule has 104 valence electrons. The third kappa shape index (κ3) is 12.2. The van der Waals surface area contributed by atoms with Crippen LogP contribution in [0.4, 0.5) is 0 Å². The van der Waals surface area contributed by atoms with Gasteiger partial charge in [0.25, 0.3) is 0 Å². The quantitative estimate of drug-likeness (QED) is 0.558. The van der Waals surface area contributed by atoms with Crippen LogP contribution < -0.4 is 5.32 Å². The fourth-order valence-electron chi connectivity index (χ4n) is 1.92. The highest BCUT2D eigenvalue weighted by atomic mass is 15.1. The van der Waals surface area contributed by atoms with E-state index in [4.69, 9.17) is 0 Å². The molecule has 0 saturated carbocycles. The molecule has 0 amide bonds. The first-order valence-corrected chi connectivity index (χ1v) is 7.48. The van der Waals surface area contributed by atoms with Crippen LogP contribution in [0.15, 0.2) is 0 Å². The molecule has 0 aromatic carbocycles. The van der Waals surface area contributed by atoms with E-state index in [0.717, 1.165) is 12.5 Å². The van der Waals surface area contributed by atoms with Gasteiger partial charge < -0.3 is 10.2 Å². The zero-order valence-electron chi connectivity index (χ0n) is 12.8. The zero-order chi connectivity index (χ0) is 13.1. The highest BCUT2D eigenvalue weighted by Crippen LogP contribution is 2.04. The minimum atomic E-state index is 0.691. The standard InChI is InChI=1S/C15H34N2/c1-6-11-16-15(4)9-7-8-12-17(5)13-10-14(2)3/h14-16H,6-13H2,1-5H3. The molecule has 0 aromatic rings. The lowest BCUT2D eigenvalue weighted by molar-refractivity contribution is 0.300. The summed E-state index contributed by atoms with van der Waals surface area (Å²) in [6.07, 6.45) is 6.57. The van der Waals surface area contributed by atoms with E-state index in [1.165, 1.54) is 45.2 Å². The van der Waals surface area contributed by atoms with Gasteiger partial charge >= 0.3 is 0 Å². The first-order chi connectivity index (χ1) is 8.06. The van der Waals surface area contributed by atoms with Crippen molar-refractivity contribution in [1.82, 2.24) is 10.2 Å². The van der Waals surface area contributed by atoms with Gasteiger partial charge in [0.15, 0.2) is 0 Å². The van der Waals surface area contributed by atoms with Crippen molar-refractivity contribution in [2.24, 2.45) is 5.92 Å². The van der Waals surface area contributed by atoms with Crippen molar-refractivity contribution in [3.8, 4) is 0 Å². The highest BCUT2D eigenvalue weighted by molar-refractivity contribution is 4.61. The number of hydrogen-bond acceptors (Lipinski definition) is 2. The zero-order valence-corrected chi connectivity index (χ0v) is 12.8. The summed E-state index contributed by atoms with van der Waals surface area (Å²) in [5, 5.41) is 3.55. The summed E-state index contributed by atoms with van der Waals surface area (Å²) in [5.41, 5.74) is 0. The fourth-order valence-corrected chi connectivity index (χ4v) is 1.92. The van der Waals surface area contributed by atoms with Gasteiger partial charge in [-0.25, -0.2) is 0 Å². The van der Waals surface area contributed by atoms with Gasteiger partial charge in [-0.1, -0.05) is 27.2 Å². The average molecular weight is 242 g/mol. The number of unbranched alkanes of at least 4 members (excludes halogenated alkanes) is 1. The van der Waals surface area contributed by atoms with E-state index in [1.807, 2.05) is 0 Å². The Bertz CT molecular complexity index is 157. The van der Waals surface area contributed by atoms with Gasteiger partial charge in [0.05, 0.1) is 0 Å². The molecule has 2 nitrogen and oxygen atoms in total. The summed E-state index contributed by atoms with van der Waals surface area (Å²) in [4.78, 5) is 2.48. The predicted octanol–water partition coefficient (Wildman–Crippen LogP) is 3.52.